The molecule has 0 radical (unpaired) electrons. The van der Waals surface area contributed by atoms with Crippen molar-refractivity contribution in [1.29, 1.82) is 0 Å². The third-order valence-electron chi connectivity index (χ3n) is 7.46. The van der Waals surface area contributed by atoms with Crippen LogP contribution in [0.3, 0.4) is 0 Å². The van der Waals surface area contributed by atoms with E-state index in [2.05, 4.69) is 20.3 Å². The van der Waals surface area contributed by atoms with Crippen LogP contribution in [-0.4, -0.2) is 63.8 Å². The second kappa shape index (κ2) is 14.7. The van der Waals surface area contributed by atoms with Gasteiger partial charge in [-0.3, -0.25) is 9.52 Å². The molecule has 2 aliphatic rings. The summed E-state index contributed by atoms with van der Waals surface area (Å²) in [5.41, 5.74) is 2.87. The zero-order valence-electron chi connectivity index (χ0n) is 23.8. The molecule has 1 amide bonds. The molecule has 13 heteroatoms. The molecule has 232 valence electrons. The van der Waals surface area contributed by atoms with E-state index in [0.717, 1.165) is 38.3 Å². The van der Waals surface area contributed by atoms with Crippen LogP contribution >= 0.6 is 0 Å². The molecular formula is C29H39F3N4O5S. The summed E-state index contributed by atoms with van der Waals surface area (Å²) in [7, 11) is -3.82. The smallest absolute Gasteiger partial charge is 0.475 e. The number of aliphatic carboxylic acids is 1. The number of alkyl halides is 3. The summed E-state index contributed by atoms with van der Waals surface area (Å²) < 4.78 is 61.3. The first-order valence-corrected chi connectivity index (χ1v) is 15.6. The molecule has 4 N–H and O–H groups in total. The van der Waals surface area contributed by atoms with Gasteiger partial charge in [-0.2, -0.15) is 13.2 Å². The number of nitrogens with one attached hydrogen (secondary N) is 3. The topological polar surface area (TPSA) is 128 Å². The Hall–Kier alpha value is -3.32. The average molecular weight is 613 g/mol. The molecule has 0 aromatic heterocycles. The summed E-state index contributed by atoms with van der Waals surface area (Å²) in [5, 5.41) is 13.4. The van der Waals surface area contributed by atoms with E-state index in [4.69, 9.17) is 9.90 Å². The molecule has 1 aliphatic carbocycles. The Labute approximate surface area is 244 Å². The van der Waals surface area contributed by atoms with Gasteiger partial charge in [-0.15, -0.1) is 0 Å². The van der Waals surface area contributed by atoms with E-state index in [0.29, 0.717) is 17.2 Å². The number of carboxylic acid groups (broad SMARTS) is 1. The average Bonchev–Trinajstić information content (AvgIpc) is 2.97. The molecule has 1 saturated carbocycles. The Balaban J connectivity index is 0.000000616. The van der Waals surface area contributed by atoms with E-state index in [1.54, 1.807) is 24.3 Å². The van der Waals surface area contributed by atoms with Crippen LogP contribution in [0.25, 0.3) is 0 Å². The lowest BCUT2D eigenvalue weighted by atomic mass is 9.84. The summed E-state index contributed by atoms with van der Waals surface area (Å²) in [4.78, 5) is 24.0. The number of carbonyl (C=O) groups excluding carboxylic acids is 1. The highest BCUT2D eigenvalue weighted by Crippen LogP contribution is 2.34. The minimum absolute atomic E-state index is 0.0400. The zero-order chi connectivity index (χ0) is 30.9. The summed E-state index contributed by atoms with van der Waals surface area (Å²) in [6.07, 6.45) is 1.84. The lowest BCUT2D eigenvalue weighted by Gasteiger charge is -2.31. The number of anilines is 2. The lowest BCUT2D eigenvalue weighted by Crippen LogP contribution is -2.43. The fourth-order valence-electron chi connectivity index (χ4n) is 4.91. The number of hydrogen-bond acceptors (Lipinski definition) is 6. The van der Waals surface area contributed by atoms with Gasteiger partial charge in [0, 0.05) is 37.8 Å². The van der Waals surface area contributed by atoms with Crippen molar-refractivity contribution >= 4 is 33.3 Å². The Morgan fingerprint density at radius 3 is 2.19 bits per heavy atom. The number of hydrogen-bond donors (Lipinski definition) is 4. The number of rotatable bonds is 8. The number of amides is 1. The summed E-state index contributed by atoms with van der Waals surface area (Å²) >= 11 is 0. The van der Waals surface area contributed by atoms with Gasteiger partial charge in [-0.05, 0) is 68.0 Å². The molecule has 2 aromatic carbocycles. The molecule has 1 aliphatic heterocycles. The van der Waals surface area contributed by atoms with Crippen molar-refractivity contribution in [3.05, 3.63) is 53.6 Å². The second-order valence-electron chi connectivity index (χ2n) is 10.6. The Kier molecular flexibility index (Phi) is 11.6. The van der Waals surface area contributed by atoms with Crippen LogP contribution in [0.4, 0.5) is 24.5 Å². The van der Waals surface area contributed by atoms with Gasteiger partial charge < -0.3 is 20.6 Å². The van der Waals surface area contributed by atoms with Gasteiger partial charge in [0.2, 0.25) is 0 Å². The highest BCUT2D eigenvalue weighted by Gasteiger charge is 2.38. The molecular weight excluding hydrogens is 573 g/mol. The fraction of sp³-hybridized carbons (Fsp3) is 0.517. The summed E-state index contributed by atoms with van der Waals surface area (Å²) in [6.45, 7) is 7.15. The molecule has 0 spiro atoms. The first kappa shape index (κ1) is 33.2. The van der Waals surface area contributed by atoms with Crippen LogP contribution in [0.1, 0.15) is 74.2 Å². The van der Waals surface area contributed by atoms with Crippen LogP contribution in [-0.2, 0) is 14.8 Å². The van der Waals surface area contributed by atoms with Gasteiger partial charge in [-0.25, -0.2) is 13.2 Å². The second-order valence-corrected chi connectivity index (χ2v) is 12.2. The van der Waals surface area contributed by atoms with Crippen LogP contribution in [0.2, 0.25) is 0 Å². The minimum atomic E-state index is -5.08. The highest BCUT2D eigenvalue weighted by atomic mass is 32.2. The molecule has 1 atom stereocenters. The third-order valence-corrected chi connectivity index (χ3v) is 8.84. The molecule has 42 heavy (non-hydrogen) atoms. The van der Waals surface area contributed by atoms with Crippen molar-refractivity contribution in [2.75, 3.05) is 35.8 Å². The van der Waals surface area contributed by atoms with Crippen molar-refractivity contribution in [3.8, 4) is 0 Å². The van der Waals surface area contributed by atoms with Crippen LogP contribution in [0.15, 0.2) is 47.4 Å². The first-order chi connectivity index (χ1) is 19.8. The quantitative estimate of drug-likeness (QED) is 0.326. The largest absolute Gasteiger partial charge is 0.490 e. The number of benzene rings is 2. The predicted octanol–water partition coefficient (Wildman–Crippen LogP) is 5.11. The molecule has 2 aromatic rings. The van der Waals surface area contributed by atoms with Crippen LogP contribution in [0, 0.1) is 0 Å². The fourth-order valence-corrected chi connectivity index (χ4v) is 5.97. The van der Waals surface area contributed by atoms with E-state index in [1.165, 1.54) is 37.7 Å². The number of nitrogens with zero attached hydrogens (tertiary/aromatic N) is 1. The van der Waals surface area contributed by atoms with Crippen molar-refractivity contribution < 1.29 is 36.3 Å². The van der Waals surface area contributed by atoms with Crippen molar-refractivity contribution in [1.82, 2.24) is 10.6 Å². The molecule has 1 unspecified atom stereocenters. The number of sulfonamides is 1. The van der Waals surface area contributed by atoms with E-state index in [1.807, 2.05) is 32.0 Å². The van der Waals surface area contributed by atoms with E-state index in [-0.39, 0.29) is 16.8 Å². The molecule has 1 heterocycles. The van der Waals surface area contributed by atoms with E-state index >= 15 is 0 Å². The van der Waals surface area contributed by atoms with Crippen LogP contribution in [0.5, 0.6) is 0 Å². The summed E-state index contributed by atoms with van der Waals surface area (Å²) in [6, 6.07) is 12.6. The molecule has 4 rings (SSSR count). The predicted molar refractivity (Wildman–Crippen MR) is 156 cm³/mol. The van der Waals surface area contributed by atoms with Gasteiger partial charge >= 0.3 is 12.1 Å². The van der Waals surface area contributed by atoms with Gasteiger partial charge in [0.15, 0.2) is 0 Å². The standard InChI is InChI=1S/C27H38N4O3S.C2HF3O2/c1-3-20(2)29-27(32)23-11-14-26(31-17-15-28-16-18-31)25(19-23)30-35(33,34)24-12-9-22(10-13-24)21-7-5-4-6-8-21;3-2(4,5)1(6)7/h9-14,19-21,28,30H,3-8,15-18H2,1-2H3,(H,29,32);(H,6,7). The van der Waals surface area contributed by atoms with Crippen molar-refractivity contribution in [2.45, 2.75) is 75.4 Å². The zero-order valence-corrected chi connectivity index (χ0v) is 24.7. The number of halogens is 3. The lowest BCUT2D eigenvalue weighted by molar-refractivity contribution is -0.192. The number of carboxylic acids is 1. The van der Waals surface area contributed by atoms with Gasteiger partial charge in [-0.1, -0.05) is 38.3 Å². The Morgan fingerprint density at radius 1 is 1.05 bits per heavy atom. The van der Waals surface area contributed by atoms with Crippen molar-refractivity contribution in [3.63, 3.8) is 0 Å². The maximum Gasteiger partial charge on any atom is 0.490 e. The van der Waals surface area contributed by atoms with Crippen LogP contribution < -0.4 is 20.3 Å². The summed E-state index contributed by atoms with van der Waals surface area (Å²) in [5.74, 6) is -2.44. The normalized spacial score (nSPS) is 17.0. The molecule has 9 nitrogen and oxygen atoms in total. The Morgan fingerprint density at radius 2 is 1.64 bits per heavy atom. The monoisotopic (exact) mass is 612 g/mol. The molecule has 0 bridgehead atoms. The molecule has 2 fully saturated rings. The maximum absolute atomic E-state index is 13.4. The van der Waals surface area contributed by atoms with Gasteiger partial charge in [0.25, 0.3) is 15.9 Å². The van der Waals surface area contributed by atoms with Gasteiger partial charge in [0.1, 0.15) is 0 Å². The maximum atomic E-state index is 13.4. The van der Waals surface area contributed by atoms with E-state index in [9.17, 15) is 26.4 Å². The third kappa shape index (κ3) is 9.35. The number of carbonyl (C=O) groups is 2. The first-order valence-electron chi connectivity index (χ1n) is 14.1. The van der Waals surface area contributed by atoms with Gasteiger partial charge in [0.05, 0.1) is 16.3 Å². The number of piperazine rings is 1. The highest BCUT2D eigenvalue weighted by molar-refractivity contribution is 7.92. The SMILES string of the molecule is CCC(C)NC(=O)c1ccc(N2CCNCC2)c(NS(=O)(=O)c2ccc(C3CCCCC3)cc2)c1.O=C(O)C(F)(F)F. The van der Waals surface area contributed by atoms with E-state index < -0.39 is 22.2 Å². The molecule has 1 saturated heterocycles. The Bertz CT molecular complexity index is 1310. The minimum Gasteiger partial charge on any atom is -0.475 e. The van der Waals surface area contributed by atoms with Crippen molar-refractivity contribution in [2.24, 2.45) is 0 Å².